The predicted octanol–water partition coefficient (Wildman–Crippen LogP) is 2.08. The molecule has 150 valence electrons. The number of aliphatic imine (C=N–C) groups is 1. The van der Waals surface area contributed by atoms with Crippen molar-refractivity contribution in [3.05, 3.63) is 39.9 Å². The molecule has 2 rings (SSSR count). The van der Waals surface area contributed by atoms with E-state index in [0.717, 1.165) is 0 Å². The summed E-state index contributed by atoms with van der Waals surface area (Å²) in [6.07, 6.45) is 0.525. The summed E-state index contributed by atoms with van der Waals surface area (Å²) in [6, 6.07) is 4.59. The summed E-state index contributed by atoms with van der Waals surface area (Å²) >= 11 is 0. The van der Waals surface area contributed by atoms with E-state index in [0.29, 0.717) is 17.6 Å². The molecule has 28 heavy (non-hydrogen) atoms. The average molecular weight is 390 g/mol. The molecule has 0 amide bonds. The van der Waals surface area contributed by atoms with Gasteiger partial charge in [-0.25, -0.2) is 0 Å². The van der Waals surface area contributed by atoms with E-state index in [1.54, 1.807) is 26.8 Å². The zero-order valence-corrected chi connectivity index (χ0v) is 15.9. The van der Waals surface area contributed by atoms with Crippen LogP contribution < -0.4 is 0 Å². The molecule has 0 saturated carbocycles. The maximum atomic E-state index is 12.7. The first kappa shape index (κ1) is 21.2. The van der Waals surface area contributed by atoms with E-state index in [9.17, 15) is 24.5 Å². The fourth-order valence-electron chi connectivity index (χ4n) is 3.51. The Balaban J connectivity index is 2.67. The van der Waals surface area contributed by atoms with Crippen LogP contribution in [0.25, 0.3) is 0 Å². The summed E-state index contributed by atoms with van der Waals surface area (Å²) in [5, 5.41) is 11.2. The summed E-state index contributed by atoms with van der Waals surface area (Å²) in [5.74, 6) is -4.25. The van der Waals surface area contributed by atoms with E-state index < -0.39 is 40.7 Å². The number of nitrogens with zero attached hydrogens (tertiary/aromatic N) is 2. The second kappa shape index (κ2) is 9.20. The fraction of sp³-hybridized carbons (Fsp3) is 0.474. The van der Waals surface area contributed by atoms with Crippen LogP contribution in [0.1, 0.15) is 32.3 Å². The maximum absolute atomic E-state index is 12.7. The molecule has 4 atom stereocenters. The van der Waals surface area contributed by atoms with E-state index in [1.807, 2.05) is 0 Å². The second-order valence-electron chi connectivity index (χ2n) is 6.28. The number of rotatable bonds is 7. The first-order chi connectivity index (χ1) is 13.3. The maximum Gasteiger partial charge on any atom is 0.315 e. The number of carbonyl (C=O) groups is 3. The van der Waals surface area contributed by atoms with Crippen LogP contribution in [0.5, 0.6) is 0 Å². The molecule has 0 N–H and O–H groups in total. The molecule has 0 saturated heterocycles. The number of benzene rings is 1. The molecular formula is C19H22N2O7. The van der Waals surface area contributed by atoms with Gasteiger partial charge < -0.3 is 14.3 Å². The summed E-state index contributed by atoms with van der Waals surface area (Å²) in [6.45, 7) is 5.04. The number of ether oxygens (including phenoxy) is 2. The lowest BCUT2D eigenvalue weighted by atomic mass is 9.70. The van der Waals surface area contributed by atoms with E-state index in [-0.39, 0.29) is 18.9 Å². The lowest BCUT2D eigenvalue weighted by Gasteiger charge is -2.37. The molecule has 0 bridgehead atoms. The fourth-order valence-corrected chi connectivity index (χ4v) is 3.51. The first-order valence-electron chi connectivity index (χ1n) is 8.92. The van der Waals surface area contributed by atoms with E-state index in [1.165, 1.54) is 18.2 Å². The van der Waals surface area contributed by atoms with Gasteiger partial charge in [-0.05, 0) is 26.3 Å². The number of hydrogen-bond acceptors (Lipinski definition) is 8. The Morgan fingerprint density at radius 3 is 2.43 bits per heavy atom. The molecule has 9 heteroatoms. The van der Waals surface area contributed by atoms with Crippen molar-refractivity contribution >= 4 is 29.6 Å². The van der Waals surface area contributed by atoms with Gasteiger partial charge in [-0.2, -0.15) is 0 Å². The SMILES string of the molecule is CCOC(=O)C1C(C)=NC(C=O)C(C(=O)OCC)C1c1cccc([N+](=O)[O-])c1. The molecule has 0 aromatic heterocycles. The van der Waals surface area contributed by atoms with E-state index >= 15 is 0 Å². The third kappa shape index (κ3) is 4.24. The van der Waals surface area contributed by atoms with Gasteiger partial charge in [0.25, 0.3) is 5.69 Å². The van der Waals surface area contributed by atoms with Crippen molar-refractivity contribution in [3.63, 3.8) is 0 Å². The minimum Gasteiger partial charge on any atom is -0.466 e. The van der Waals surface area contributed by atoms with Gasteiger partial charge in [-0.3, -0.25) is 24.7 Å². The average Bonchev–Trinajstić information content (AvgIpc) is 2.67. The molecule has 0 radical (unpaired) electrons. The van der Waals surface area contributed by atoms with E-state index in [2.05, 4.69) is 4.99 Å². The number of nitro benzene ring substituents is 1. The second-order valence-corrected chi connectivity index (χ2v) is 6.28. The highest BCUT2D eigenvalue weighted by Gasteiger charge is 2.49. The lowest BCUT2D eigenvalue weighted by molar-refractivity contribution is -0.384. The summed E-state index contributed by atoms with van der Waals surface area (Å²) in [7, 11) is 0. The van der Waals surface area contributed by atoms with Crippen molar-refractivity contribution in [1.29, 1.82) is 0 Å². The molecule has 1 heterocycles. The van der Waals surface area contributed by atoms with Crippen molar-refractivity contribution in [2.24, 2.45) is 16.8 Å². The van der Waals surface area contributed by atoms with Gasteiger partial charge in [-0.1, -0.05) is 12.1 Å². The van der Waals surface area contributed by atoms with Crippen LogP contribution in [0.4, 0.5) is 5.69 Å². The van der Waals surface area contributed by atoms with Gasteiger partial charge in [0, 0.05) is 23.8 Å². The number of esters is 2. The number of carbonyl (C=O) groups excluding carboxylic acids is 3. The molecule has 1 aromatic rings. The first-order valence-corrected chi connectivity index (χ1v) is 8.92. The van der Waals surface area contributed by atoms with Crippen LogP contribution in [-0.4, -0.2) is 48.1 Å². The van der Waals surface area contributed by atoms with Crippen molar-refractivity contribution in [2.45, 2.75) is 32.7 Å². The predicted molar refractivity (Wildman–Crippen MR) is 99.0 cm³/mol. The van der Waals surface area contributed by atoms with Crippen molar-refractivity contribution < 1.29 is 28.8 Å². The molecule has 0 aliphatic carbocycles. The Bertz CT molecular complexity index is 805. The van der Waals surface area contributed by atoms with Crippen LogP contribution in [0.15, 0.2) is 29.3 Å². The summed E-state index contributed by atoms with van der Waals surface area (Å²) in [5.41, 5.74) is 0.504. The topological polar surface area (TPSA) is 125 Å². The Hall–Kier alpha value is -3.10. The van der Waals surface area contributed by atoms with Crippen molar-refractivity contribution in [1.82, 2.24) is 0 Å². The van der Waals surface area contributed by atoms with E-state index in [4.69, 9.17) is 9.47 Å². The van der Waals surface area contributed by atoms with Crippen LogP contribution in [-0.2, 0) is 23.9 Å². The Morgan fingerprint density at radius 2 is 1.86 bits per heavy atom. The number of non-ortho nitro benzene ring substituents is 1. The standard InChI is InChI=1S/C19H22N2O7/c1-4-27-18(23)15-11(3)20-14(10-22)17(19(24)28-5-2)16(15)12-7-6-8-13(9-12)21(25)26/h6-10,14-17H,4-5H2,1-3H3. The van der Waals surface area contributed by atoms with Crippen LogP contribution >= 0.6 is 0 Å². The van der Waals surface area contributed by atoms with Crippen molar-refractivity contribution in [3.8, 4) is 0 Å². The molecule has 1 aromatic carbocycles. The highest BCUT2D eigenvalue weighted by Crippen LogP contribution is 2.41. The normalized spacial score (nSPS) is 24.0. The third-order valence-electron chi connectivity index (χ3n) is 4.62. The van der Waals surface area contributed by atoms with Gasteiger partial charge in [-0.15, -0.1) is 0 Å². The lowest BCUT2D eigenvalue weighted by Crippen LogP contribution is -2.47. The highest BCUT2D eigenvalue weighted by molar-refractivity contribution is 6.04. The largest absolute Gasteiger partial charge is 0.466 e. The summed E-state index contributed by atoms with van der Waals surface area (Å²) < 4.78 is 10.3. The molecular weight excluding hydrogens is 368 g/mol. The van der Waals surface area contributed by atoms with Crippen LogP contribution in [0, 0.1) is 22.0 Å². The number of hydrogen-bond donors (Lipinski definition) is 0. The zero-order valence-electron chi connectivity index (χ0n) is 15.9. The minimum absolute atomic E-state index is 0.0787. The van der Waals surface area contributed by atoms with Gasteiger partial charge in [0.05, 0.1) is 24.1 Å². The Morgan fingerprint density at radius 1 is 1.21 bits per heavy atom. The minimum atomic E-state index is -1.10. The molecule has 4 unspecified atom stereocenters. The van der Waals surface area contributed by atoms with Gasteiger partial charge >= 0.3 is 11.9 Å². The molecule has 0 fully saturated rings. The number of aldehydes is 1. The smallest absolute Gasteiger partial charge is 0.315 e. The molecule has 9 nitrogen and oxygen atoms in total. The number of nitro groups is 1. The summed E-state index contributed by atoms with van der Waals surface area (Å²) in [4.78, 5) is 51.8. The van der Waals surface area contributed by atoms with Gasteiger partial charge in [0.15, 0.2) is 0 Å². The molecule has 1 aliphatic rings. The molecule has 1 aliphatic heterocycles. The van der Waals surface area contributed by atoms with Gasteiger partial charge in [0.2, 0.25) is 0 Å². The zero-order chi connectivity index (χ0) is 20.8. The Kier molecular flexibility index (Phi) is 6.97. The highest BCUT2D eigenvalue weighted by atomic mass is 16.6. The van der Waals surface area contributed by atoms with Crippen molar-refractivity contribution in [2.75, 3.05) is 13.2 Å². The third-order valence-corrected chi connectivity index (χ3v) is 4.62. The van der Waals surface area contributed by atoms with Crippen LogP contribution in [0.3, 0.4) is 0 Å². The molecule has 0 spiro atoms. The van der Waals surface area contributed by atoms with Gasteiger partial charge in [0.1, 0.15) is 18.2 Å². The monoisotopic (exact) mass is 390 g/mol. The quantitative estimate of drug-likeness (QED) is 0.302. The Labute approximate surface area is 161 Å². The van der Waals surface area contributed by atoms with Crippen LogP contribution in [0.2, 0.25) is 0 Å².